The van der Waals surface area contributed by atoms with Gasteiger partial charge in [0.15, 0.2) is 0 Å². The summed E-state index contributed by atoms with van der Waals surface area (Å²) in [4.78, 5) is 13.3. The zero-order valence-corrected chi connectivity index (χ0v) is 16.1. The van der Waals surface area contributed by atoms with Crippen LogP contribution in [0.15, 0.2) is 47.0 Å². The van der Waals surface area contributed by atoms with Crippen molar-refractivity contribution in [1.29, 1.82) is 0 Å². The van der Waals surface area contributed by atoms with Crippen LogP contribution in [0.5, 0.6) is 0 Å². The minimum Gasteiger partial charge on any atom is -0.444 e. The average molecular weight is 377 g/mol. The number of hydrogen-bond acceptors (Lipinski definition) is 6. The van der Waals surface area contributed by atoms with Crippen LogP contribution < -0.4 is 0 Å². The van der Waals surface area contributed by atoms with Gasteiger partial charge in [-0.15, -0.1) is 0 Å². The highest BCUT2D eigenvalue weighted by atomic mass is 32.2. The van der Waals surface area contributed by atoms with Gasteiger partial charge in [-0.1, -0.05) is 29.4 Å². The summed E-state index contributed by atoms with van der Waals surface area (Å²) in [5.41, 5.74) is 0.205. The maximum atomic E-state index is 12.4. The molecule has 1 aromatic heterocycles. The Labute approximate surface area is 155 Å². The molecule has 0 aliphatic carbocycles. The number of aromatic nitrogens is 4. The summed E-state index contributed by atoms with van der Waals surface area (Å²) in [5.74, 6) is 0. The summed E-state index contributed by atoms with van der Waals surface area (Å²) in [6, 6.07) is 9.25. The third-order valence-corrected chi connectivity index (χ3v) is 4.23. The van der Waals surface area contributed by atoms with Gasteiger partial charge in [-0.05, 0) is 49.8 Å². The van der Waals surface area contributed by atoms with Crippen molar-refractivity contribution in [1.82, 2.24) is 25.1 Å². The summed E-state index contributed by atoms with van der Waals surface area (Å²) >= 11 is 0. The zero-order valence-electron chi connectivity index (χ0n) is 15.3. The molecular formula is C17H23N5O3S. The lowest BCUT2D eigenvalue weighted by molar-refractivity contribution is 0.0302. The Balaban J connectivity index is 1.91. The lowest BCUT2D eigenvalue weighted by Crippen LogP contribution is -2.34. The molecular weight excluding hydrogens is 354 g/mol. The van der Waals surface area contributed by atoms with Gasteiger partial charge in [0, 0.05) is 19.0 Å². The third-order valence-electron chi connectivity index (χ3n) is 3.18. The van der Waals surface area contributed by atoms with Crippen LogP contribution in [-0.4, -0.2) is 54.6 Å². The summed E-state index contributed by atoms with van der Waals surface area (Å²) < 4.78 is 19.1. The van der Waals surface area contributed by atoms with Crippen LogP contribution in [0.2, 0.25) is 0 Å². The van der Waals surface area contributed by atoms with Crippen molar-refractivity contribution in [2.75, 3.05) is 13.6 Å². The monoisotopic (exact) mass is 377 g/mol. The molecule has 0 saturated heterocycles. The van der Waals surface area contributed by atoms with E-state index in [9.17, 15) is 9.00 Å². The van der Waals surface area contributed by atoms with Crippen molar-refractivity contribution in [3.63, 3.8) is 0 Å². The Bertz CT molecular complexity index is 783. The number of carbonyl (C=O) groups excluding carboxylic acids is 1. The second kappa shape index (κ2) is 8.70. The Hall–Kier alpha value is -2.55. The first kappa shape index (κ1) is 19.8. The maximum absolute atomic E-state index is 12.4. The van der Waals surface area contributed by atoms with Crippen LogP contribution in [0.1, 0.15) is 27.2 Å². The second-order valence-corrected chi connectivity index (χ2v) is 7.80. The molecule has 0 aliphatic rings. The predicted molar refractivity (Wildman–Crippen MR) is 98.2 cm³/mol. The molecule has 0 radical (unpaired) electrons. The number of hydrogen-bond donors (Lipinski definition) is 0. The van der Waals surface area contributed by atoms with Crippen molar-refractivity contribution in [2.45, 2.75) is 37.9 Å². The highest BCUT2D eigenvalue weighted by molar-refractivity contribution is 7.87. The number of para-hydroxylation sites is 1. The van der Waals surface area contributed by atoms with Crippen molar-refractivity contribution in [3.8, 4) is 5.69 Å². The minimum absolute atomic E-state index is 0.243. The van der Waals surface area contributed by atoms with Crippen LogP contribution in [-0.2, 0) is 15.5 Å². The molecule has 8 nitrogen and oxygen atoms in total. The smallest absolute Gasteiger partial charge is 0.410 e. The quantitative estimate of drug-likeness (QED) is 0.768. The molecule has 1 heterocycles. The molecule has 1 unspecified atom stereocenters. The van der Waals surface area contributed by atoms with Crippen LogP contribution >= 0.6 is 0 Å². The van der Waals surface area contributed by atoms with Gasteiger partial charge < -0.3 is 9.64 Å². The topological polar surface area (TPSA) is 90.2 Å². The number of rotatable bonds is 6. The summed E-state index contributed by atoms with van der Waals surface area (Å²) in [6.07, 6.45) is 1.88. The predicted octanol–water partition coefficient (Wildman–Crippen LogP) is 2.54. The van der Waals surface area contributed by atoms with Gasteiger partial charge in [-0.25, -0.2) is 9.00 Å². The minimum atomic E-state index is -1.49. The molecule has 1 atom stereocenters. The molecule has 2 aromatic rings. The normalized spacial score (nSPS) is 12.9. The van der Waals surface area contributed by atoms with E-state index in [1.54, 1.807) is 13.1 Å². The van der Waals surface area contributed by atoms with Gasteiger partial charge in [0.25, 0.3) is 0 Å². The van der Waals surface area contributed by atoms with Crippen molar-refractivity contribution in [2.24, 2.45) is 0 Å². The largest absolute Gasteiger partial charge is 0.444 e. The Morgan fingerprint density at radius 1 is 1.31 bits per heavy atom. The van der Waals surface area contributed by atoms with Gasteiger partial charge in [-0.3, -0.25) is 0 Å². The van der Waals surface area contributed by atoms with Gasteiger partial charge in [0.1, 0.15) is 16.4 Å². The molecule has 0 bridgehead atoms. The first-order valence-corrected chi connectivity index (χ1v) is 9.34. The fourth-order valence-electron chi connectivity index (χ4n) is 1.95. The van der Waals surface area contributed by atoms with E-state index in [-0.39, 0.29) is 11.2 Å². The highest BCUT2D eigenvalue weighted by Crippen LogP contribution is 2.12. The number of amides is 1. The molecule has 0 saturated carbocycles. The fraction of sp³-hybridized carbons (Fsp3) is 0.412. The Morgan fingerprint density at radius 3 is 2.65 bits per heavy atom. The lowest BCUT2D eigenvalue weighted by atomic mass is 10.2. The maximum Gasteiger partial charge on any atom is 0.410 e. The van der Waals surface area contributed by atoms with E-state index < -0.39 is 16.4 Å². The van der Waals surface area contributed by atoms with Crippen molar-refractivity contribution >= 4 is 16.9 Å². The zero-order chi connectivity index (χ0) is 19.2. The second-order valence-electron chi connectivity index (χ2n) is 6.57. The molecule has 2 rings (SSSR count). The molecule has 1 aromatic carbocycles. The Kier molecular flexibility index (Phi) is 6.62. The highest BCUT2D eigenvalue weighted by Gasteiger charge is 2.19. The molecule has 0 aliphatic heterocycles. The molecule has 26 heavy (non-hydrogen) atoms. The van der Waals surface area contributed by atoms with E-state index >= 15 is 0 Å². The number of nitrogens with zero attached hydrogens (tertiary/aromatic N) is 5. The van der Waals surface area contributed by atoms with Gasteiger partial charge >= 0.3 is 6.09 Å². The number of carbonyl (C=O) groups is 1. The summed E-state index contributed by atoms with van der Waals surface area (Å²) in [5, 5.41) is 13.1. The van der Waals surface area contributed by atoms with Gasteiger partial charge in [0.2, 0.25) is 5.16 Å². The molecule has 0 spiro atoms. The van der Waals surface area contributed by atoms with Crippen molar-refractivity contribution in [3.05, 3.63) is 41.8 Å². The van der Waals surface area contributed by atoms with Crippen LogP contribution in [0, 0.1) is 0 Å². The van der Waals surface area contributed by atoms with E-state index in [2.05, 4.69) is 15.5 Å². The average Bonchev–Trinajstić information content (AvgIpc) is 3.07. The molecule has 9 heteroatoms. The lowest BCUT2D eigenvalue weighted by Gasteiger charge is -2.24. The summed E-state index contributed by atoms with van der Waals surface area (Å²) in [7, 11) is 0.168. The van der Waals surface area contributed by atoms with Crippen LogP contribution in [0.3, 0.4) is 0 Å². The van der Waals surface area contributed by atoms with Gasteiger partial charge in [0.05, 0.1) is 5.69 Å². The standard InChI is InChI=1S/C17H23N5O3S/c1-17(2,3)25-16(23)21(4)12-8-9-13-26(24)15-18-19-20-22(15)14-10-6-5-7-11-14/h5-7,9-11,13H,8,12H2,1-4H3/b13-9+. The van der Waals surface area contributed by atoms with Crippen LogP contribution in [0.25, 0.3) is 5.69 Å². The van der Waals surface area contributed by atoms with E-state index in [0.29, 0.717) is 13.0 Å². The van der Waals surface area contributed by atoms with Gasteiger partial charge in [-0.2, -0.15) is 4.68 Å². The van der Waals surface area contributed by atoms with E-state index in [4.69, 9.17) is 4.74 Å². The third kappa shape index (κ3) is 5.76. The van der Waals surface area contributed by atoms with E-state index in [1.165, 1.54) is 15.0 Å². The number of tetrazole rings is 1. The van der Waals surface area contributed by atoms with E-state index in [1.807, 2.05) is 51.1 Å². The first-order chi connectivity index (χ1) is 12.3. The summed E-state index contributed by atoms with van der Waals surface area (Å²) in [6.45, 7) is 5.91. The Morgan fingerprint density at radius 2 is 2.00 bits per heavy atom. The molecule has 0 fully saturated rings. The molecule has 140 valence electrons. The first-order valence-electron chi connectivity index (χ1n) is 8.13. The SMILES string of the molecule is CN(CC/C=C/S(=O)c1nnnn1-c1ccccc1)C(=O)OC(C)(C)C. The molecule has 1 amide bonds. The van der Waals surface area contributed by atoms with Crippen LogP contribution in [0.4, 0.5) is 4.79 Å². The fourth-order valence-corrected chi connectivity index (χ4v) is 2.81. The van der Waals surface area contributed by atoms with E-state index in [0.717, 1.165) is 5.69 Å². The number of benzene rings is 1. The molecule has 0 N–H and O–H groups in total. The van der Waals surface area contributed by atoms with Crippen molar-refractivity contribution < 1.29 is 13.7 Å². The number of ether oxygens (including phenoxy) is 1.